The van der Waals surface area contributed by atoms with Crippen molar-refractivity contribution in [1.82, 2.24) is 4.90 Å². The van der Waals surface area contributed by atoms with Crippen molar-refractivity contribution in [3.8, 4) is 0 Å². The SMILES string of the molecule is Cc1ccc(Cl)cc1C(=O)N1CCCC1CC(=O)O. The molecule has 5 heteroatoms. The summed E-state index contributed by atoms with van der Waals surface area (Å²) >= 11 is 5.92. The molecule has 1 fully saturated rings. The standard InChI is InChI=1S/C14H16ClNO3/c1-9-4-5-10(15)7-12(9)14(19)16-6-2-3-11(16)8-13(17)18/h4-5,7,11H,2-3,6,8H2,1H3,(H,17,18). The highest BCUT2D eigenvalue weighted by Gasteiger charge is 2.31. The number of carboxylic acid groups (broad SMARTS) is 1. The van der Waals surface area contributed by atoms with Crippen LogP contribution >= 0.6 is 11.6 Å². The molecule has 4 nitrogen and oxygen atoms in total. The Bertz CT molecular complexity index is 515. The van der Waals surface area contributed by atoms with Crippen molar-refractivity contribution in [3.63, 3.8) is 0 Å². The number of benzene rings is 1. The lowest BCUT2D eigenvalue weighted by molar-refractivity contribution is -0.137. The van der Waals surface area contributed by atoms with Crippen LogP contribution < -0.4 is 0 Å². The molecule has 1 saturated heterocycles. The number of aryl methyl sites for hydroxylation is 1. The van der Waals surface area contributed by atoms with Gasteiger partial charge in [0.05, 0.1) is 6.42 Å². The Hall–Kier alpha value is -1.55. The quantitative estimate of drug-likeness (QED) is 0.927. The fourth-order valence-corrected chi connectivity index (χ4v) is 2.67. The van der Waals surface area contributed by atoms with E-state index >= 15 is 0 Å². The van der Waals surface area contributed by atoms with Gasteiger partial charge in [-0.15, -0.1) is 0 Å². The zero-order valence-corrected chi connectivity index (χ0v) is 11.5. The zero-order chi connectivity index (χ0) is 14.0. The third-order valence-electron chi connectivity index (χ3n) is 3.48. The highest BCUT2D eigenvalue weighted by molar-refractivity contribution is 6.31. The molecule has 1 aromatic carbocycles. The molecule has 1 atom stereocenters. The molecule has 1 aliphatic rings. The van der Waals surface area contributed by atoms with Gasteiger partial charge in [0.2, 0.25) is 0 Å². The number of rotatable bonds is 3. The molecule has 1 aromatic rings. The highest BCUT2D eigenvalue weighted by atomic mass is 35.5. The molecule has 0 radical (unpaired) electrons. The lowest BCUT2D eigenvalue weighted by atomic mass is 10.1. The number of aliphatic carboxylic acids is 1. The molecule has 0 bridgehead atoms. The number of carbonyl (C=O) groups excluding carboxylic acids is 1. The molecule has 1 N–H and O–H groups in total. The number of carbonyl (C=O) groups is 2. The number of nitrogens with zero attached hydrogens (tertiary/aromatic N) is 1. The van der Waals surface area contributed by atoms with Crippen molar-refractivity contribution >= 4 is 23.5 Å². The van der Waals surface area contributed by atoms with E-state index in [0.717, 1.165) is 18.4 Å². The number of carboxylic acids is 1. The number of hydrogen-bond donors (Lipinski definition) is 1. The minimum absolute atomic E-state index is 0.00531. The molecular formula is C14H16ClNO3. The van der Waals surface area contributed by atoms with E-state index < -0.39 is 5.97 Å². The maximum Gasteiger partial charge on any atom is 0.305 e. The van der Waals surface area contributed by atoms with E-state index in [-0.39, 0.29) is 18.4 Å². The fraction of sp³-hybridized carbons (Fsp3) is 0.429. The number of amides is 1. The zero-order valence-electron chi connectivity index (χ0n) is 10.7. The fourth-order valence-electron chi connectivity index (χ4n) is 2.50. The van der Waals surface area contributed by atoms with Gasteiger partial charge < -0.3 is 10.0 Å². The van der Waals surface area contributed by atoms with Crippen LogP contribution in [0.3, 0.4) is 0 Å². The first-order valence-corrected chi connectivity index (χ1v) is 6.65. The first-order valence-electron chi connectivity index (χ1n) is 6.28. The molecule has 19 heavy (non-hydrogen) atoms. The second-order valence-corrected chi connectivity index (χ2v) is 5.29. The van der Waals surface area contributed by atoms with E-state index in [1.165, 1.54) is 0 Å². The average Bonchev–Trinajstić information content (AvgIpc) is 2.78. The van der Waals surface area contributed by atoms with Crippen LogP contribution in [0.5, 0.6) is 0 Å². The van der Waals surface area contributed by atoms with E-state index in [1.807, 2.05) is 6.92 Å². The van der Waals surface area contributed by atoms with Crippen molar-refractivity contribution < 1.29 is 14.7 Å². The van der Waals surface area contributed by atoms with Crippen LogP contribution in [0.4, 0.5) is 0 Å². The second kappa shape index (κ2) is 5.61. The van der Waals surface area contributed by atoms with Gasteiger partial charge in [0.1, 0.15) is 0 Å². The van der Waals surface area contributed by atoms with Crippen LogP contribution in [-0.2, 0) is 4.79 Å². The maximum atomic E-state index is 12.5. The predicted molar refractivity (Wildman–Crippen MR) is 72.5 cm³/mol. The molecule has 2 rings (SSSR count). The average molecular weight is 282 g/mol. The molecular weight excluding hydrogens is 266 g/mol. The van der Waals surface area contributed by atoms with E-state index in [1.54, 1.807) is 23.1 Å². The molecule has 0 spiro atoms. The van der Waals surface area contributed by atoms with Gasteiger partial charge >= 0.3 is 5.97 Å². The Morgan fingerprint density at radius 1 is 1.47 bits per heavy atom. The number of likely N-dealkylation sites (tertiary alicyclic amines) is 1. The molecule has 1 heterocycles. The van der Waals surface area contributed by atoms with Gasteiger partial charge in [0, 0.05) is 23.2 Å². The van der Waals surface area contributed by atoms with Crippen molar-refractivity contribution in [2.24, 2.45) is 0 Å². The largest absolute Gasteiger partial charge is 0.481 e. The van der Waals surface area contributed by atoms with E-state index in [9.17, 15) is 9.59 Å². The summed E-state index contributed by atoms with van der Waals surface area (Å²) in [6, 6.07) is 4.99. The van der Waals surface area contributed by atoms with E-state index in [2.05, 4.69) is 0 Å². The van der Waals surface area contributed by atoms with Gasteiger partial charge in [-0.1, -0.05) is 17.7 Å². The molecule has 0 saturated carbocycles. The third kappa shape index (κ3) is 3.07. The summed E-state index contributed by atoms with van der Waals surface area (Å²) < 4.78 is 0. The van der Waals surface area contributed by atoms with Crippen LogP contribution in [0.2, 0.25) is 5.02 Å². The predicted octanol–water partition coefficient (Wildman–Crippen LogP) is 2.73. The van der Waals surface area contributed by atoms with Crippen LogP contribution in [0.25, 0.3) is 0 Å². The smallest absolute Gasteiger partial charge is 0.305 e. The highest BCUT2D eigenvalue weighted by Crippen LogP contribution is 2.25. The third-order valence-corrected chi connectivity index (χ3v) is 3.71. The minimum Gasteiger partial charge on any atom is -0.481 e. The first-order chi connectivity index (χ1) is 8.99. The lowest BCUT2D eigenvalue weighted by Crippen LogP contribution is -2.37. The van der Waals surface area contributed by atoms with Crippen LogP contribution in [0, 0.1) is 6.92 Å². The van der Waals surface area contributed by atoms with E-state index in [4.69, 9.17) is 16.7 Å². The molecule has 1 aliphatic heterocycles. The van der Waals surface area contributed by atoms with Gasteiger partial charge in [0.25, 0.3) is 5.91 Å². The Morgan fingerprint density at radius 3 is 2.89 bits per heavy atom. The molecule has 102 valence electrons. The van der Waals surface area contributed by atoms with Crippen LogP contribution in [-0.4, -0.2) is 34.5 Å². The van der Waals surface area contributed by atoms with Gasteiger partial charge in [-0.05, 0) is 37.5 Å². The van der Waals surface area contributed by atoms with Gasteiger partial charge in [-0.2, -0.15) is 0 Å². The summed E-state index contributed by atoms with van der Waals surface area (Å²) in [5.41, 5.74) is 1.42. The van der Waals surface area contributed by atoms with Gasteiger partial charge in [-0.25, -0.2) is 0 Å². The van der Waals surface area contributed by atoms with Crippen LogP contribution in [0.1, 0.15) is 35.2 Å². The molecule has 1 unspecified atom stereocenters. The summed E-state index contributed by atoms with van der Waals surface area (Å²) in [7, 11) is 0. The first kappa shape index (κ1) is 13.9. The number of halogens is 1. The second-order valence-electron chi connectivity index (χ2n) is 4.85. The maximum absolute atomic E-state index is 12.5. The lowest BCUT2D eigenvalue weighted by Gasteiger charge is -2.24. The van der Waals surface area contributed by atoms with Crippen molar-refractivity contribution in [2.75, 3.05) is 6.54 Å². The van der Waals surface area contributed by atoms with Gasteiger partial charge in [-0.3, -0.25) is 9.59 Å². The summed E-state index contributed by atoms with van der Waals surface area (Å²) in [6.07, 6.45) is 1.60. The summed E-state index contributed by atoms with van der Waals surface area (Å²) in [4.78, 5) is 25.0. The Morgan fingerprint density at radius 2 is 2.21 bits per heavy atom. The normalized spacial score (nSPS) is 18.6. The Balaban J connectivity index is 2.23. The molecule has 0 aliphatic carbocycles. The Kier molecular flexibility index (Phi) is 4.10. The van der Waals surface area contributed by atoms with E-state index in [0.29, 0.717) is 17.1 Å². The Labute approximate surface area is 117 Å². The minimum atomic E-state index is -0.868. The van der Waals surface area contributed by atoms with Crippen molar-refractivity contribution in [2.45, 2.75) is 32.2 Å². The van der Waals surface area contributed by atoms with Gasteiger partial charge in [0.15, 0.2) is 0 Å². The summed E-state index contributed by atoms with van der Waals surface area (Å²) in [6.45, 7) is 2.47. The summed E-state index contributed by atoms with van der Waals surface area (Å²) in [5, 5.41) is 9.40. The van der Waals surface area contributed by atoms with Crippen molar-refractivity contribution in [1.29, 1.82) is 0 Å². The molecule has 1 amide bonds. The monoisotopic (exact) mass is 281 g/mol. The van der Waals surface area contributed by atoms with Crippen molar-refractivity contribution in [3.05, 3.63) is 34.3 Å². The molecule has 0 aromatic heterocycles. The number of hydrogen-bond acceptors (Lipinski definition) is 2. The summed E-state index contributed by atoms with van der Waals surface area (Å²) in [5.74, 6) is -0.990. The van der Waals surface area contributed by atoms with Crippen LogP contribution in [0.15, 0.2) is 18.2 Å². The topological polar surface area (TPSA) is 57.6 Å².